The predicted molar refractivity (Wildman–Crippen MR) is 130 cm³/mol. The minimum atomic E-state index is -0.160. The molecule has 0 atom stereocenters. The number of hydrogen-bond donors (Lipinski definition) is 0. The summed E-state index contributed by atoms with van der Waals surface area (Å²) in [7, 11) is 1.60. The van der Waals surface area contributed by atoms with Crippen LogP contribution in [0.1, 0.15) is 11.1 Å². The van der Waals surface area contributed by atoms with Gasteiger partial charge in [-0.1, -0.05) is 48.2 Å². The summed E-state index contributed by atoms with van der Waals surface area (Å²) in [6.45, 7) is 1.32. The van der Waals surface area contributed by atoms with Gasteiger partial charge in [-0.25, -0.2) is 4.98 Å². The number of amides is 1. The monoisotopic (exact) mass is 457 g/mol. The third-order valence-electron chi connectivity index (χ3n) is 5.88. The number of benzene rings is 3. The van der Waals surface area contributed by atoms with Crippen LogP contribution in [0, 0.1) is 0 Å². The lowest BCUT2D eigenvalue weighted by molar-refractivity contribution is -0.129. The Morgan fingerprint density at radius 2 is 1.73 bits per heavy atom. The summed E-state index contributed by atoms with van der Waals surface area (Å²) >= 11 is 1.29. The molecule has 1 aliphatic rings. The zero-order valence-corrected chi connectivity index (χ0v) is 19.0. The summed E-state index contributed by atoms with van der Waals surface area (Å²) in [5, 5.41) is 1.03. The summed E-state index contributed by atoms with van der Waals surface area (Å²) in [5.41, 5.74) is 3.64. The van der Waals surface area contributed by atoms with Gasteiger partial charge in [0.05, 0.1) is 29.5 Å². The Bertz CT molecular complexity index is 1380. The van der Waals surface area contributed by atoms with Crippen LogP contribution >= 0.6 is 11.8 Å². The van der Waals surface area contributed by atoms with E-state index in [1.807, 2.05) is 59.5 Å². The Morgan fingerprint density at radius 3 is 2.52 bits per heavy atom. The summed E-state index contributed by atoms with van der Waals surface area (Å²) in [6.07, 6.45) is 0.858. The second-order valence-corrected chi connectivity index (χ2v) is 8.82. The van der Waals surface area contributed by atoms with Gasteiger partial charge in [0, 0.05) is 13.1 Å². The maximum Gasteiger partial charge on any atom is 0.266 e. The van der Waals surface area contributed by atoms with Crippen molar-refractivity contribution in [3.63, 3.8) is 0 Å². The molecule has 0 saturated heterocycles. The summed E-state index contributed by atoms with van der Waals surface area (Å²) in [6, 6.07) is 22.8. The molecule has 4 aromatic rings. The number of methoxy groups -OCH3 is 1. The largest absolute Gasteiger partial charge is 0.497 e. The first-order valence-electron chi connectivity index (χ1n) is 10.8. The molecule has 3 aromatic carbocycles. The van der Waals surface area contributed by atoms with Crippen LogP contribution < -0.4 is 10.3 Å². The average Bonchev–Trinajstić information content (AvgIpc) is 2.87. The fourth-order valence-corrected chi connectivity index (χ4v) is 5.01. The Balaban J connectivity index is 1.44. The molecule has 5 rings (SSSR count). The highest BCUT2D eigenvalue weighted by atomic mass is 32.2. The number of para-hydroxylation sites is 1. The van der Waals surface area contributed by atoms with Crippen molar-refractivity contribution in [3.05, 3.63) is 94.3 Å². The van der Waals surface area contributed by atoms with Crippen LogP contribution in [0.2, 0.25) is 0 Å². The third-order valence-corrected chi connectivity index (χ3v) is 6.81. The van der Waals surface area contributed by atoms with E-state index in [9.17, 15) is 9.59 Å². The van der Waals surface area contributed by atoms with Crippen molar-refractivity contribution in [2.24, 2.45) is 0 Å². The highest BCUT2D eigenvalue weighted by molar-refractivity contribution is 7.99. The quantitative estimate of drug-likeness (QED) is 0.334. The molecule has 0 N–H and O–H groups in total. The number of ether oxygens (including phenoxy) is 1. The number of fused-ring (bicyclic) bond motifs is 2. The summed E-state index contributed by atoms with van der Waals surface area (Å²) in [4.78, 5) is 33.0. The number of nitrogens with zero attached hydrogens (tertiary/aromatic N) is 3. The molecule has 0 aliphatic carbocycles. The molecule has 0 saturated carbocycles. The van der Waals surface area contributed by atoms with Crippen molar-refractivity contribution in [1.82, 2.24) is 14.5 Å². The number of thioether (sulfide) groups is 1. The van der Waals surface area contributed by atoms with E-state index in [1.165, 1.54) is 22.9 Å². The molecule has 1 amide bonds. The second kappa shape index (κ2) is 9.11. The lowest BCUT2D eigenvalue weighted by Gasteiger charge is -2.28. The van der Waals surface area contributed by atoms with Gasteiger partial charge in [0.1, 0.15) is 5.75 Å². The molecular weight excluding hydrogens is 434 g/mol. The van der Waals surface area contributed by atoms with Crippen molar-refractivity contribution in [1.29, 1.82) is 0 Å². The van der Waals surface area contributed by atoms with Gasteiger partial charge in [-0.2, -0.15) is 0 Å². The van der Waals surface area contributed by atoms with Gasteiger partial charge in [-0.3, -0.25) is 14.2 Å². The van der Waals surface area contributed by atoms with Gasteiger partial charge in [0.2, 0.25) is 5.91 Å². The Kier molecular flexibility index (Phi) is 5.88. The van der Waals surface area contributed by atoms with E-state index >= 15 is 0 Å². The highest BCUT2D eigenvalue weighted by Gasteiger charge is 2.22. The third kappa shape index (κ3) is 4.24. The van der Waals surface area contributed by atoms with E-state index in [0.717, 1.165) is 6.42 Å². The normalized spacial score (nSPS) is 13.1. The van der Waals surface area contributed by atoms with Gasteiger partial charge in [-0.05, 0) is 53.9 Å². The maximum atomic E-state index is 13.4. The molecule has 33 heavy (non-hydrogen) atoms. The number of aromatic nitrogens is 2. The molecule has 1 aliphatic heterocycles. The van der Waals surface area contributed by atoms with Gasteiger partial charge >= 0.3 is 0 Å². The molecule has 0 unspecified atom stereocenters. The number of rotatable bonds is 5. The molecule has 7 heteroatoms. The zero-order chi connectivity index (χ0) is 22.8. The number of carbonyl (C=O) groups is 1. The standard InChI is InChI=1S/C26H23N3O3S/c1-32-21-12-10-20(11-13-21)29-25(31)22-8-4-5-9-23(22)27-26(29)33-17-24(30)28-15-14-18-6-2-3-7-19(18)16-28/h2-13H,14-17H2,1H3. The molecule has 166 valence electrons. The fraction of sp³-hybridized carbons (Fsp3) is 0.192. The van der Waals surface area contributed by atoms with E-state index in [0.29, 0.717) is 40.6 Å². The van der Waals surface area contributed by atoms with Crippen LogP contribution in [-0.2, 0) is 17.8 Å². The number of carbonyl (C=O) groups excluding carboxylic acids is 1. The first-order chi connectivity index (χ1) is 16.1. The lowest BCUT2D eigenvalue weighted by Crippen LogP contribution is -2.37. The van der Waals surface area contributed by atoms with Crippen LogP contribution in [-0.4, -0.2) is 39.8 Å². The summed E-state index contributed by atoms with van der Waals surface area (Å²) < 4.78 is 6.82. The van der Waals surface area contributed by atoms with Crippen LogP contribution in [0.15, 0.2) is 82.7 Å². The lowest BCUT2D eigenvalue weighted by atomic mass is 10.00. The molecule has 6 nitrogen and oxygen atoms in total. The highest BCUT2D eigenvalue weighted by Crippen LogP contribution is 2.24. The minimum Gasteiger partial charge on any atom is -0.497 e. The van der Waals surface area contributed by atoms with Gasteiger partial charge in [0.15, 0.2) is 5.16 Å². The predicted octanol–water partition coefficient (Wildman–Crippen LogP) is 4.07. The SMILES string of the molecule is COc1ccc(-n2c(SCC(=O)N3CCc4ccccc4C3)nc3ccccc3c2=O)cc1. The van der Waals surface area contributed by atoms with Crippen molar-refractivity contribution in [2.75, 3.05) is 19.4 Å². The Morgan fingerprint density at radius 1 is 1.00 bits per heavy atom. The van der Waals surface area contributed by atoms with E-state index in [4.69, 9.17) is 9.72 Å². The first-order valence-corrected chi connectivity index (χ1v) is 11.8. The second-order valence-electron chi connectivity index (χ2n) is 7.87. The molecular formula is C26H23N3O3S. The van der Waals surface area contributed by atoms with Gasteiger partial charge < -0.3 is 9.64 Å². The molecule has 0 bridgehead atoms. The van der Waals surface area contributed by atoms with Crippen molar-refractivity contribution >= 4 is 28.6 Å². The Labute approximate surface area is 195 Å². The maximum absolute atomic E-state index is 13.4. The van der Waals surface area contributed by atoms with E-state index < -0.39 is 0 Å². The first kappa shape index (κ1) is 21.3. The summed E-state index contributed by atoms with van der Waals surface area (Å²) in [5.74, 6) is 0.955. The van der Waals surface area contributed by atoms with E-state index in [-0.39, 0.29) is 17.2 Å². The Hall–Kier alpha value is -3.58. The van der Waals surface area contributed by atoms with Gasteiger partial charge in [0.25, 0.3) is 5.56 Å². The van der Waals surface area contributed by atoms with Gasteiger partial charge in [-0.15, -0.1) is 0 Å². The van der Waals surface area contributed by atoms with E-state index in [1.54, 1.807) is 17.7 Å². The topological polar surface area (TPSA) is 64.4 Å². The van der Waals surface area contributed by atoms with Crippen LogP contribution in [0.5, 0.6) is 5.75 Å². The van der Waals surface area contributed by atoms with E-state index in [2.05, 4.69) is 12.1 Å². The molecule has 0 fully saturated rings. The molecule has 1 aromatic heterocycles. The minimum absolute atomic E-state index is 0.0400. The van der Waals surface area contributed by atoms with Crippen molar-refractivity contribution in [2.45, 2.75) is 18.1 Å². The van der Waals surface area contributed by atoms with Crippen molar-refractivity contribution in [3.8, 4) is 11.4 Å². The number of hydrogen-bond acceptors (Lipinski definition) is 5. The van der Waals surface area contributed by atoms with Crippen LogP contribution in [0.3, 0.4) is 0 Å². The average molecular weight is 458 g/mol. The van der Waals surface area contributed by atoms with Crippen molar-refractivity contribution < 1.29 is 9.53 Å². The molecule has 0 radical (unpaired) electrons. The van der Waals surface area contributed by atoms with Crippen LogP contribution in [0.4, 0.5) is 0 Å². The molecule has 0 spiro atoms. The smallest absolute Gasteiger partial charge is 0.266 e. The zero-order valence-electron chi connectivity index (χ0n) is 18.2. The van der Waals surface area contributed by atoms with Crippen LogP contribution in [0.25, 0.3) is 16.6 Å². The fourth-order valence-electron chi connectivity index (χ4n) is 4.09. The molecule has 2 heterocycles.